The molecule has 2 heterocycles. The van der Waals surface area contributed by atoms with Gasteiger partial charge in [-0.3, -0.25) is 14.6 Å². The summed E-state index contributed by atoms with van der Waals surface area (Å²) < 4.78 is 137. The van der Waals surface area contributed by atoms with Crippen LogP contribution in [0.5, 0.6) is 0 Å². The average molecular weight is 842 g/mol. The van der Waals surface area contributed by atoms with E-state index in [9.17, 15) is 67.2 Å². The second-order valence-electron chi connectivity index (χ2n) is 13.4. The van der Waals surface area contributed by atoms with Crippen molar-refractivity contribution in [3.05, 3.63) is 42.0 Å². The molecule has 16 nitrogen and oxygen atoms in total. The maximum atomic E-state index is 12.4. The van der Waals surface area contributed by atoms with Gasteiger partial charge in [-0.2, -0.15) is 43.2 Å². The maximum absolute atomic E-state index is 12.4. The number of halogens is 6. The Morgan fingerprint density at radius 1 is 0.709 bits per heavy atom. The number of sulfonamides is 2. The number of nitrogens with zero attached hydrogens (tertiary/aromatic N) is 3. The third-order valence-electron chi connectivity index (χ3n) is 6.50. The van der Waals surface area contributed by atoms with Crippen LogP contribution in [0.15, 0.2) is 42.0 Å². The number of para-hydroxylation sites is 1. The number of ether oxygens (including phenoxy) is 4. The first kappa shape index (κ1) is 48.4. The smallest absolute Gasteiger partial charge is 0.467 e. The zero-order valence-corrected chi connectivity index (χ0v) is 32.6. The van der Waals surface area contributed by atoms with Gasteiger partial charge in [-0.05, 0) is 60.6 Å². The van der Waals surface area contributed by atoms with E-state index >= 15 is 0 Å². The standard InChI is InChI=1S/C12H19NO4.C11H17NO5.C8H5F6NO4S2/c1-8-6-9(10(14)16-5)13(7-8)11(15)17-12(2,3)4;1-11(2,3)17-10(15)12-6-7(13)5-8(12)9(14)16-4;9-7(10,11)20(16,17)15(6-4-2-1-3-5-6)21(18,19)8(12,13)14/h6,9H,7H2,1-5H3;8H,5-6H2,1-4H3;1-5H/t9-;8-;/m00./s1. The topological polar surface area (TPSA) is 200 Å². The second kappa shape index (κ2) is 17.9. The predicted molar refractivity (Wildman–Crippen MR) is 180 cm³/mol. The number of carbonyl (C=O) groups is 5. The fraction of sp³-hybridized carbons (Fsp3) is 0.581. The van der Waals surface area contributed by atoms with Gasteiger partial charge in [0.25, 0.3) is 0 Å². The van der Waals surface area contributed by atoms with Gasteiger partial charge in [0.15, 0.2) is 11.8 Å². The number of carbonyl (C=O) groups excluding carboxylic acids is 5. The van der Waals surface area contributed by atoms with Crippen LogP contribution in [0.2, 0.25) is 0 Å². The van der Waals surface area contributed by atoms with Gasteiger partial charge in [-0.15, -0.1) is 3.71 Å². The number of anilines is 1. The summed E-state index contributed by atoms with van der Waals surface area (Å²) in [5.74, 6) is -1.22. The van der Waals surface area contributed by atoms with Gasteiger partial charge in [0.1, 0.15) is 17.2 Å². The van der Waals surface area contributed by atoms with Gasteiger partial charge >= 0.3 is 55.2 Å². The summed E-state index contributed by atoms with van der Waals surface area (Å²) in [6.07, 6.45) is 0.543. The van der Waals surface area contributed by atoms with Crippen molar-refractivity contribution in [3.63, 3.8) is 0 Å². The minimum atomic E-state index is -6.81. The summed E-state index contributed by atoms with van der Waals surface area (Å²) in [5.41, 5.74) is -14.1. The second-order valence-corrected chi connectivity index (χ2v) is 17.2. The van der Waals surface area contributed by atoms with Gasteiger partial charge in [0, 0.05) is 13.0 Å². The van der Waals surface area contributed by atoms with Crippen molar-refractivity contribution in [3.8, 4) is 0 Å². The molecule has 0 N–H and O–H groups in total. The first-order chi connectivity index (χ1) is 24.7. The van der Waals surface area contributed by atoms with E-state index in [0.717, 1.165) is 28.7 Å². The van der Waals surface area contributed by atoms with Crippen molar-refractivity contribution in [2.75, 3.05) is 31.0 Å². The molecule has 2 aliphatic heterocycles. The van der Waals surface area contributed by atoms with E-state index in [-0.39, 0.29) is 18.7 Å². The summed E-state index contributed by atoms with van der Waals surface area (Å²) in [6.45, 7) is 12.7. The van der Waals surface area contributed by atoms with Crippen LogP contribution in [-0.2, 0) is 53.4 Å². The molecule has 2 aliphatic rings. The molecule has 0 unspecified atom stereocenters. The molecule has 2 amide bonds. The van der Waals surface area contributed by atoms with Crippen molar-refractivity contribution in [2.45, 2.75) is 89.2 Å². The van der Waals surface area contributed by atoms with Crippen molar-refractivity contribution < 1.29 is 86.1 Å². The van der Waals surface area contributed by atoms with Gasteiger partial charge in [0.2, 0.25) is 0 Å². The molecule has 24 heteroatoms. The zero-order valence-electron chi connectivity index (χ0n) is 31.0. The Morgan fingerprint density at radius 2 is 1.13 bits per heavy atom. The van der Waals surface area contributed by atoms with Crippen LogP contribution >= 0.6 is 0 Å². The Labute approximate surface area is 313 Å². The van der Waals surface area contributed by atoms with E-state index in [2.05, 4.69) is 9.47 Å². The Bertz CT molecular complexity index is 1780. The number of rotatable bonds is 5. The van der Waals surface area contributed by atoms with Crippen molar-refractivity contribution in [1.29, 1.82) is 0 Å². The van der Waals surface area contributed by atoms with E-state index in [1.165, 1.54) is 19.1 Å². The molecule has 0 radical (unpaired) electrons. The highest BCUT2D eigenvalue weighted by Crippen LogP contribution is 2.38. The van der Waals surface area contributed by atoms with E-state index in [0.29, 0.717) is 18.7 Å². The number of alkyl halides is 6. The maximum Gasteiger partial charge on any atom is 0.517 e. The van der Waals surface area contributed by atoms with Gasteiger partial charge < -0.3 is 18.9 Å². The lowest BCUT2D eigenvalue weighted by Crippen LogP contribution is -2.49. The molecule has 0 aliphatic carbocycles. The predicted octanol–water partition coefficient (Wildman–Crippen LogP) is 4.66. The molecule has 0 spiro atoms. The SMILES string of the molecule is COC(=O)[C@@H]1C=C(C)CN1C(=O)OC(C)(C)C.COC(=O)[C@@H]1CC(=O)CN1C(=O)OC(C)(C)C.O=S(=O)(N(c1ccccc1)S(=O)(=O)C(F)(F)F)C(F)(F)F. The average Bonchev–Trinajstić information content (AvgIpc) is 3.61. The number of Topliss-reactive ketones (excluding diaryl/α,β-unsaturated/α-hetero) is 1. The molecule has 55 heavy (non-hydrogen) atoms. The molecular formula is C31H41F6N3O13S2. The normalized spacial score (nSPS) is 17.8. The van der Waals surface area contributed by atoms with Crippen LogP contribution in [0.25, 0.3) is 0 Å². The van der Waals surface area contributed by atoms with Crippen LogP contribution < -0.4 is 3.71 Å². The number of amides is 2. The number of hydrogen-bond donors (Lipinski definition) is 0. The molecule has 3 rings (SSSR count). The minimum Gasteiger partial charge on any atom is -0.467 e. The highest BCUT2D eigenvalue weighted by molar-refractivity contribution is 8.11. The lowest BCUT2D eigenvalue weighted by Gasteiger charge is -2.27. The number of benzene rings is 1. The lowest BCUT2D eigenvalue weighted by atomic mass is 10.2. The molecular weight excluding hydrogens is 800 g/mol. The van der Waals surface area contributed by atoms with Crippen molar-refractivity contribution in [1.82, 2.24) is 9.80 Å². The lowest BCUT2D eigenvalue weighted by molar-refractivity contribution is -0.146. The molecule has 1 aromatic rings. The monoisotopic (exact) mass is 841 g/mol. The first-order valence-corrected chi connectivity index (χ1v) is 18.4. The Hall–Kier alpha value is -4.61. The molecule has 1 saturated heterocycles. The van der Waals surface area contributed by atoms with Crippen molar-refractivity contribution >= 4 is 55.6 Å². The Morgan fingerprint density at radius 3 is 1.51 bits per heavy atom. The molecule has 312 valence electrons. The number of hydrogen-bond acceptors (Lipinski definition) is 13. The number of esters is 2. The molecule has 2 atom stereocenters. The van der Waals surface area contributed by atoms with Gasteiger partial charge in [-0.25, -0.2) is 19.2 Å². The first-order valence-electron chi connectivity index (χ1n) is 15.5. The van der Waals surface area contributed by atoms with E-state index < -0.39 is 87.9 Å². The number of likely N-dealkylation sites (tertiary alicyclic amines) is 1. The molecule has 1 aromatic carbocycles. The molecule has 0 saturated carbocycles. The van der Waals surface area contributed by atoms with Crippen LogP contribution in [0.4, 0.5) is 41.6 Å². The summed E-state index contributed by atoms with van der Waals surface area (Å²) in [6, 6.07) is 2.32. The summed E-state index contributed by atoms with van der Waals surface area (Å²) >= 11 is 0. The van der Waals surface area contributed by atoms with E-state index in [1.807, 2.05) is 6.92 Å². The van der Waals surface area contributed by atoms with Crippen LogP contribution in [0.3, 0.4) is 0 Å². The van der Waals surface area contributed by atoms with Crippen molar-refractivity contribution in [2.24, 2.45) is 0 Å². The quantitative estimate of drug-likeness (QED) is 0.172. The van der Waals surface area contributed by atoms with E-state index in [4.69, 9.17) is 9.47 Å². The summed E-state index contributed by atoms with van der Waals surface area (Å²) in [7, 11) is -11.1. The third-order valence-corrected chi connectivity index (χ3v) is 10.1. The molecule has 0 bridgehead atoms. The third kappa shape index (κ3) is 13.3. The van der Waals surface area contributed by atoms with E-state index in [1.54, 1.807) is 47.6 Å². The minimum absolute atomic E-state index is 0.00802. The number of methoxy groups -OCH3 is 2. The Balaban J connectivity index is 0.000000416. The Kier molecular flexibility index (Phi) is 15.8. The fourth-order valence-corrected chi connectivity index (χ4v) is 7.00. The fourth-order valence-electron chi connectivity index (χ4n) is 4.29. The van der Waals surface area contributed by atoms with Gasteiger partial charge in [-0.1, -0.05) is 29.8 Å². The highest BCUT2D eigenvalue weighted by atomic mass is 32.3. The number of ketones is 1. The zero-order chi connectivity index (χ0) is 43.1. The van der Waals surface area contributed by atoms with Gasteiger partial charge in [0.05, 0.1) is 26.5 Å². The molecule has 1 fully saturated rings. The molecule has 0 aromatic heterocycles. The van der Waals surface area contributed by atoms with Crippen LogP contribution in [0, 0.1) is 0 Å². The largest absolute Gasteiger partial charge is 0.517 e. The van der Waals surface area contributed by atoms with Crippen LogP contribution in [0.1, 0.15) is 54.9 Å². The van der Waals surface area contributed by atoms with Crippen LogP contribution in [-0.4, -0.2) is 118 Å². The summed E-state index contributed by atoms with van der Waals surface area (Å²) in [4.78, 5) is 60.4. The highest BCUT2D eigenvalue weighted by Gasteiger charge is 2.61. The summed E-state index contributed by atoms with van der Waals surface area (Å²) in [5, 5.41) is 0.